The normalized spacial score (nSPS) is 16.9. The van der Waals surface area contributed by atoms with Crippen molar-refractivity contribution in [2.24, 2.45) is 5.73 Å². The van der Waals surface area contributed by atoms with Gasteiger partial charge in [0.2, 0.25) is 0 Å². The molecule has 1 aliphatic rings. The molecule has 1 saturated heterocycles. The highest BCUT2D eigenvalue weighted by Crippen LogP contribution is 2.28. The van der Waals surface area contributed by atoms with E-state index in [9.17, 15) is 13.6 Å². The third-order valence-corrected chi connectivity index (χ3v) is 4.85. The van der Waals surface area contributed by atoms with Gasteiger partial charge in [-0.2, -0.15) is 0 Å². The smallest absolute Gasteiger partial charge is 0.254 e. The molecule has 0 aromatic heterocycles. The van der Waals surface area contributed by atoms with Crippen molar-refractivity contribution in [2.75, 3.05) is 13.1 Å². The predicted molar refractivity (Wildman–Crippen MR) is 102 cm³/mol. The van der Waals surface area contributed by atoms with Crippen LogP contribution in [0.25, 0.3) is 11.1 Å². The lowest BCUT2D eigenvalue weighted by atomic mass is 9.97. The van der Waals surface area contributed by atoms with Gasteiger partial charge in [-0.15, -0.1) is 12.4 Å². The summed E-state index contributed by atoms with van der Waals surface area (Å²) in [5, 5.41) is 0. The molecule has 3 rings (SSSR count). The first kappa shape index (κ1) is 20.3. The summed E-state index contributed by atoms with van der Waals surface area (Å²) < 4.78 is 27.9. The van der Waals surface area contributed by atoms with E-state index in [-0.39, 0.29) is 30.2 Å². The maximum absolute atomic E-state index is 14.6. The van der Waals surface area contributed by atoms with Crippen LogP contribution in [-0.2, 0) is 0 Å². The maximum atomic E-state index is 14.6. The largest absolute Gasteiger partial charge is 0.334 e. The summed E-state index contributed by atoms with van der Waals surface area (Å²) in [6.45, 7) is 2.80. The standard InChI is InChI=1S/C20H22F2N2O.ClH/c1-13-10-15(21)6-8-17(13)18-7-5-14(11-19(18)22)20(25)24-9-3-2-4-16(24)12-23;/h5-8,10-11,16H,2-4,9,12,23H2,1H3;1H. The lowest BCUT2D eigenvalue weighted by Crippen LogP contribution is -2.47. The minimum absolute atomic E-state index is 0. The van der Waals surface area contributed by atoms with Gasteiger partial charge in [-0.25, -0.2) is 8.78 Å². The SMILES string of the molecule is Cc1cc(F)ccc1-c1ccc(C(=O)N2CCCCC2CN)cc1F.Cl. The zero-order valence-corrected chi connectivity index (χ0v) is 15.5. The molecule has 0 radical (unpaired) electrons. The second-order valence-corrected chi connectivity index (χ2v) is 6.54. The van der Waals surface area contributed by atoms with Crippen LogP contribution < -0.4 is 5.73 Å². The predicted octanol–water partition coefficient (Wildman–Crippen LogP) is 4.32. The fraction of sp³-hybridized carbons (Fsp3) is 0.350. The number of nitrogens with two attached hydrogens (primary N) is 1. The average molecular weight is 381 g/mol. The lowest BCUT2D eigenvalue weighted by Gasteiger charge is -2.35. The van der Waals surface area contributed by atoms with E-state index in [0.29, 0.717) is 35.3 Å². The number of piperidine rings is 1. The van der Waals surface area contributed by atoms with E-state index in [1.54, 1.807) is 30.0 Å². The first-order chi connectivity index (χ1) is 12.0. The average Bonchev–Trinajstić information content (AvgIpc) is 2.61. The highest BCUT2D eigenvalue weighted by Gasteiger charge is 2.27. The lowest BCUT2D eigenvalue weighted by molar-refractivity contribution is 0.0623. The number of rotatable bonds is 3. The van der Waals surface area contributed by atoms with Gasteiger partial charge in [0.15, 0.2) is 0 Å². The van der Waals surface area contributed by atoms with E-state index >= 15 is 0 Å². The molecule has 1 atom stereocenters. The van der Waals surface area contributed by atoms with Gasteiger partial charge in [0.25, 0.3) is 5.91 Å². The summed E-state index contributed by atoms with van der Waals surface area (Å²) in [5.41, 5.74) is 7.73. The molecule has 140 valence electrons. The number of hydrogen-bond acceptors (Lipinski definition) is 2. The Balaban J connectivity index is 0.00000243. The van der Waals surface area contributed by atoms with Crippen molar-refractivity contribution in [3.05, 3.63) is 59.2 Å². The van der Waals surface area contributed by atoms with Crippen molar-refractivity contribution in [3.63, 3.8) is 0 Å². The molecule has 1 fully saturated rings. The number of carbonyl (C=O) groups excluding carboxylic acids is 1. The van der Waals surface area contributed by atoms with Crippen LogP contribution in [0.15, 0.2) is 36.4 Å². The van der Waals surface area contributed by atoms with Crippen LogP contribution in [0.4, 0.5) is 8.78 Å². The van der Waals surface area contributed by atoms with E-state index < -0.39 is 5.82 Å². The quantitative estimate of drug-likeness (QED) is 0.862. The molecule has 3 nitrogen and oxygen atoms in total. The van der Waals surface area contributed by atoms with Crippen LogP contribution in [0, 0.1) is 18.6 Å². The van der Waals surface area contributed by atoms with Crippen molar-refractivity contribution in [1.29, 1.82) is 0 Å². The van der Waals surface area contributed by atoms with Gasteiger partial charge in [0.1, 0.15) is 11.6 Å². The summed E-state index contributed by atoms with van der Waals surface area (Å²) >= 11 is 0. The first-order valence-corrected chi connectivity index (χ1v) is 8.58. The van der Waals surface area contributed by atoms with Gasteiger partial charge in [-0.1, -0.05) is 12.1 Å². The number of halogens is 3. The Bertz CT molecular complexity index is 797. The van der Waals surface area contributed by atoms with Crippen LogP contribution in [0.3, 0.4) is 0 Å². The molecule has 0 spiro atoms. The summed E-state index contributed by atoms with van der Waals surface area (Å²) in [4.78, 5) is 14.5. The molecule has 1 unspecified atom stereocenters. The summed E-state index contributed by atoms with van der Waals surface area (Å²) in [7, 11) is 0. The molecular weight excluding hydrogens is 358 g/mol. The fourth-order valence-corrected chi connectivity index (χ4v) is 3.47. The van der Waals surface area contributed by atoms with E-state index in [1.807, 2.05) is 0 Å². The van der Waals surface area contributed by atoms with Crippen molar-refractivity contribution in [3.8, 4) is 11.1 Å². The number of likely N-dealkylation sites (tertiary alicyclic amines) is 1. The van der Waals surface area contributed by atoms with E-state index in [0.717, 1.165) is 19.3 Å². The van der Waals surface area contributed by atoms with Crippen LogP contribution in [0.5, 0.6) is 0 Å². The summed E-state index contributed by atoms with van der Waals surface area (Å²) in [6.07, 6.45) is 2.89. The second-order valence-electron chi connectivity index (χ2n) is 6.54. The molecule has 2 aromatic carbocycles. The van der Waals surface area contributed by atoms with E-state index in [1.165, 1.54) is 18.2 Å². The van der Waals surface area contributed by atoms with E-state index in [4.69, 9.17) is 5.73 Å². The van der Waals surface area contributed by atoms with Crippen molar-refractivity contribution in [1.82, 2.24) is 4.90 Å². The van der Waals surface area contributed by atoms with Gasteiger partial charge in [0, 0.05) is 30.3 Å². The molecule has 0 saturated carbocycles. The minimum atomic E-state index is -0.484. The Kier molecular flexibility index (Phi) is 6.73. The van der Waals surface area contributed by atoms with Crippen LogP contribution in [0.2, 0.25) is 0 Å². The fourth-order valence-electron chi connectivity index (χ4n) is 3.47. The molecule has 0 aliphatic carbocycles. The third-order valence-electron chi connectivity index (χ3n) is 4.85. The molecule has 1 heterocycles. The highest BCUT2D eigenvalue weighted by atomic mass is 35.5. The number of amides is 1. The zero-order valence-electron chi connectivity index (χ0n) is 14.7. The van der Waals surface area contributed by atoms with Crippen molar-refractivity contribution in [2.45, 2.75) is 32.2 Å². The van der Waals surface area contributed by atoms with Gasteiger partial charge >= 0.3 is 0 Å². The van der Waals surface area contributed by atoms with Gasteiger partial charge in [-0.05, 0) is 61.6 Å². The number of benzene rings is 2. The molecule has 1 aliphatic heterocycles. The highest BCUT2D eigenvalue weighted by molar-refractivity contribution is 5.95. The summed E-state index contributed by atoms with van der Waals surface area (Å²) in [6, 6.07) is 8.73. The van der Waals surface area contributed by atoms with Gasteiger partial charge in [-0.3, -0.25) is 4.79 Å². The molecular formula is C20H23ClF2N2O. The molecule has 1 amide bonds. The van der Waals surface area contributed by atoms with Gasteiger partial charge in [0.05, 0.1) is 0 Å². The number of hydrogen-bond donors (Lipinski definition) is 1. The van der Waals surface area contributed by atoms with Crippen LogP contribution in [-0.4, -0.2) is 29.9 Å². The molecule has 0 bridgehead atoms. The van der Waals surface area contributed by atoms with Gasteiger partial charge < -0.3 is 10.6 Å². The number of aryl methyl sites for hydroxylation is 1. The second kappa shape index (κ2) is 8.60. The maximum Gasteiger partial charge on any atom is 0.254 e. The topological polar surface area (TPSA) is 46.3 Å². The molecule has 2 N–H and O–H groups in total. The Hall–Kier alpha value is -1.98. The van der Waals surface area contributed by atoms with Crippen LogP contribution >= 0.6 is 12.4 Å². The van der Waals surface area contributed by atoms with Crippen molar-refractivity contribution >= 4 is 18.3 Å². The molecule has 6 heteroatoms. The number of nitrogens with zero attached hydrogens (tertiary/aromatic N) is 1. The Morgan fingerprint density at radius 2 is 1.88 bits per heavy atom. The van der Waals surface area contributed by atoms with Crippen molar-refractivity contribution < 1.29 is 13.6 Å². The monoisotopic (exact) mass is 380 g/mol. The Labute approximate surface area is 158 Å². The zero-order chi connectivity index (χ0) is 18.0. The third kappa shape index (κ3) is 4.05. The van der Waals surface area contributed by atoms with E-state index in [2.05, 4.69) is 0 Å². The minimum Gasteiger partial charge on any atom is -0.334 e. The molecule has 26 heavy (non-hydrogen) atoms. The van der Waals surface area contributed by atoms with Crippen LogP contribution in [0.1, 0.15) is 35.2 Å². The Morgan fingerprint density at radius 1 is 1.15 bits per heavy atom. The first-order valence-electron chi connectivity index (χ1n) is 8.58. The summed E-state index contributed by atoms with van der Waals surface area (Å²) in [5.74, 6) is -1.02. The molecule has 2 aromatic rings. The number of carbonyl (C=O) groups is 1. The Morgan fingerprint density at radius 3 is 2.54 bits per heavy atom.